The Morgan fingerprint density at radius 3 is 3.05 bits per heavy atom. The zero-order chi connectivity index (χ0) is 15.0. The molecule has 2 aliphatic rings. The third-order valence-corrected chi connectivity index (χ3v) is 5.29. The summed E-state index contributed by atoms with van der Waals surface area (Å²) >= 11 is 1.53. The van der Waals surface area contributed by atoms with Crippen molar-refractivity contribution >= 4 is 28.3 Å². The van der Waals surface area contributed by atoms with Gasteiger partial charge >= 0.3 is 5.97 Å². The summed E-state index contributed by atoms with van der Waals surface area (Å²) in [5, 5.41) is 3.96. The number of methoxy groups -OCH3 is 1. The fourth-order valence-corrected chi connectivity index (χ4v) is 4.02. The van der Waals surface area contributed by atoms with Gasteiger partial charge in [-0.1, -0.05) is 0 Å². The highest BCUT2D eigenvalue weighted by Gasteiger charge is 2.35. The minimum absolute atomic E-state index is 0.169. The number of aryl methyl sites for hydroxylation is 1. The minimum Gasteiger partial charge on any atom is -0.464 e. The van der Waals surface area contributed by atoms with Gasteiger partial charge in [-0.05, 0) is 25.7 Å². The van der Waals surface area contributed by atoms with Crippen LogP contribution >= 0.6 is 11.3 Å². The van der Waals surface area contributed by atoms with E-state index < -0.39 is 0 Å². The Labute approximate surface area is 127 Å². The van der Waals surface area contributed by atoms with E-state index >= 15 is 0 Å². The molecule has 3 rings (SSSR count). The molecular formula is C14H19N3O3S. The lowest BCUT2D eigenvalue weighted by atomic mass is 9.85. The lowest BCUT2D eigenvalue weighted by molar-refractivity contribution is -0.124. The average Bonchev–Trinajstić information content (AvgIpc) is 2.88. The van der Waals surface area contributed by atoms with Crippen LogP contribution in [0.25, 0.3) is 0 Å². The van der Waals surface area contributed by atoms with Gasteiger partial charge in [0.25, 0.3) is 0 Å². The molecule has 0 aromatic carbocycles. The molecule has 0 spiro atoms. The first-order valence-electron chi connectivity index (χ1n) is 7.18. The first kappa shape index (κ1) is 14.3. The maximum absolute atomic E-state index is 11.7. The lowest BCUT2D eigenvalue weighted by Crippen LogP contribution is -2.54. The molecule has 0 aliphatic carbocycles. The van der Waals surface area contributed by atoms with E-state index in [1.165, 1.54) is 18.4 Å². The maximum Gasteiger partial charge on any atom is 0.357 e. The molecule has 1 aromatic rings. The standard InChI is InChI=1S/C14H19N3O3S/c1-8-12(13(19)20-2)16-14(21-8)17-6-5-10-9(7-17)3-4-11(18)15-10/h9-10H,3-7H2,1-2H3,(H,15,18). The second-order valence-corrected chi connectivity index (χ2v) is 6.78. The van der Waals surface area contributed by atoms with Gasteiger partial charge in [0.15, 0.2) is 10.8 Å². The number of amides is 1. The van der Waals surface area contributed by atoms with Crippen molar-refractivity contribution in [2.75, 3.05) is 25.1 Å². The summed E-state index contributed by atoms with van der Waals surface area (Å²) in [4.78, 5) is 30.6. The summed E-state index contributed by atoms with van der Waals surface area (Å²) in [6.07, 6.45) is 2.48. The van der Waals surface area contributed by atoms with Crippen molar-refractivity contribution in [3.63, 3.8) is 0 Å². The van der Waals surface area contributed by atoms with Crippen molar-refractivity contribution < 1.29 is 14.3 Å². The number of hydrogen-bond donors (Lipinski definition) is 1. The third-order valence-electron chi connectivity index (χ3n) is 4.26. The minimum atomic E-state index is -0.380. The predicted molar refractivity (Wildman–Crippen MR) is 79.7 cm³/mol. The number of thiazole rings is 1. The fourth-order valence-electron chi connectivity index (χ4n) is 3.09. The van der Waals surface area contributed by atoms with Crippen LogP contribution in [0.5, 0.6) is 0 Å². The number of ether oxygens (including phenoxy) is 1. The fraction of sp³-hybridized carbons (Fsp3) is 0.643. The number of nitrogens with one attached hydrogen (secondary N) is 1. The maximum atomic E-state index is 11.7. The van der Waals surface area contributed by atoms with E-state index in [-0.39, 0.29) is 11.9 Å². The van der Waals surface area contributed by atoms with Crippen LogP contribution in [0.15, 0.2) is 0 Å². The number of carbonyl (C=O) groups is 2. The molecule has 2 unspecified atom stereocenters. The summed E-state index contributed by atoms with van der Waals surface area (Å²) in [6, 6.07) is 0.295. The quantitative estimate of drug-likeness (QED) is 0.835. The Bertz CT molecular complexity index is 572. The van der Waals surface area contributed by atoms with Gasteiger partial charge in [-0.25, -0.2) is 9.78 Å². The molecule has 2 atom stereocenters. The Kier molecular flexibility index (Phi) is 3.84. The number of esters is 1. The van der Waals surface area contributed by atoms with Gasteiger partial charge in [0, 0.05) is 30.4 Å². The second-order valence-electron chi connectivity index (χ2n) is 5.60. The van der Waals surface area contributed by atoms with Crippen LogP contribution < -0.4 is 10.2 Å². The smallest absolute Gasteiger partial charge is 0.357 e. The van der Waals surface area contributed by atoms with Gasteiger partial charge in [0.2, 0.25) is 5.91 Å². The third kappa shape index (κ3) is 2.74. The van der Waals surface area contributed by atoms with Crippen LogP contribution in [0.3, 0.4) is 0 Å². The molecule has 0 radical (unpaired) electrons. The monoisotopic (exact) mass is 309 g/mol. The molecule has 3 heterocycles. The number of nitrogens with zero attached hydrogens (tertiary/aromatic N) is 2. The van der Waals surface area contributed by atoms with Gasteiger partial charge in [0.1, 0.15) is 0 Å². The largest absolute Gasteiger partial charge is 0.464 e. The predicted octanol–water partition coefficient (Wildman–Crippen LogP) is 1.34. The van der Waals surface area contributed by atoms with Crippen molar-refractivity contribution in [3.8, 4) is 0 Å². The Morgan fingerprint density at radius 2 is 2.29 bits per heavy atom. The van der Waals surface area contributed by atoms with Crippen LogP contribution in [0.1, 0.15) is 34.6 Å². The van der Waals surface area contributed by atoms with Gasteiger partial charge in [0.05, 0.1) is 7.11 Å². The van der Waals surface area contributed by atoms with Crippen LogP contribution in [0.2, 0.25) is 0 Å². The molecule has 1 amide bonds. The SMILES string of the molecule is COC(=O)c1nc(N2CCC3NC(=O)CCC3C2)sc1C. The molecule has 1 aromatic heterocycles. The Balaban J connectivity index is 1.74. The van der Waals surface area contributed by atoms with E-state index in [0.29, 0.717) is 24.1 Å². The summed E-state index contributed by atoms with van der Waals surface area (Å²) in [5.41, 5.74) is 0.413. The van der Waals surface area contributed by atoms with Crippen LogP contribution in [-0.4, -0.2) is 43.1 Å². The van der Waals surface area contributed by atoms with Crippen molar-refractivity contribution in [2.45, 2.75) is 32.2 Å². The molecule has 7 heteroatoms. The van der Waals surface area contributed by atoms with E-state index in [4.69, 9.17) is 4.74 Å². The summed E-state index contributed by atoms with van der Waals surface area (Å²) in [5.74, 6) is 0.264. The van der Waals surface area contributed by atoms with Gasteiger partial charge in [-0.3, -0.25) is 4.79 Å². The highest BCUT2D eigenvalue weighted by atomic mass is 32.1. The van der Waals surface area contributed by atoms with Crippen molar-refractivity contribution in [2.24, 2.45) is 5.92 Å². The van der Waals surface area contributed by atoms with Crippen LogP contribution in [0.4, 0.5) is 5.13 Å². The highest BCUT2D eigenvalue weighted by Crippen LogP contribution is 2.32. The Morgan fingerprint density at radius 1 is 1.48 bits per heavy atom. The lowest BCUT2D eigenvalue weighted by Gasteiger charge is -2.41. The first-order valence-corrected chi connectivity index (χ1v) is 8.00. The zero-order valence-electron chi connectivity index (χ0n) is 12.2. The topological polar surface area (TPSA) is 71.5 Å². The molecule has 2 fully saturated rings. The highest BCUT2D eigenvalue weighted by molar-refractivity contribution is 7.15. The molecule has 6 nitrogen and oxygen atoms in total. The van der Waals surface area contributed by atoms with Gasteiger partial charge in [-0.15, -0.1) is 11.3 Å². The summed E-state index contributed by atoms with van der Waals surface area (Å²) in [7, 11) is 1.37. The zero-order valence-corrected chi connectivity index (χ0v) is 13.0. The molecule has 114 valence electrons. The number of piperidine rings is 2. The molecule has 21 heavy (non-hydrogen) atoms. The molecule has 2 aliphatic heterocycles. The van der Waals surface area contributed by atoms with E-state index in [9.17, 15) is 9.59 Å². The molecule has 2 saturated heterocycles. The van der Waals surface area contributed by atoms with E-state index in [1.807, 2.05) is 6.92 Å². The van der Waals surface area contributed by atoms with Gasteiger partial charge < -0.3 is 15.0 Å². The van der Waals surface area contributed by atoms with E-state index in [0.717, 1.165) is 35.9 Å². The molecule has 0 bridgehead atoms. The van der Waals surface area contributed by atoms with Crippen molar-refractivity contribution in [3.05, 3.63) is 10.6 Å². The molecule has 0 saturated carbocycles. The first-order chi connectivity index (χ1) is 10.1. The number of carbonyl (C=O) groups excluding carboxylic acids is 2. The van der Waals surface area contributed by atoms with Crippen LogP contribution in [0, 0.1) is 12.8 Å². The number of anilines is 1. The Hall–Kier alpha value is -1.63. The number of aromatic nitrogens is 1. The normalized spacial score (nSPS) is 25.2. The van der Waals surface area contributed by atoms with Crippen molar-refractivity contribution in [1.29, 1.82) is 0 Å². The summed E-state index contributed by atoms with van der Waals surface area (Å²) < 4.78 is 4.75. The number of fused-ring (bicyclic) bond motifs is 1. The molecule has 1 N–H and O–H groups in total. The van der Waals surface area contributed by atoms with Crippen molar-refractivity contribution in [1.82, 2.24) is 10.3 Å². The average molecular weight is 309 g/mol. The van der Waals surface area contributed by atoms with Crippen LogP contribution in [-0.2, 0) is 9.53 Å². The van der Waals surface area contributed by atoms with E-state index in [1.54, 1.807) is 0 Å². The van der Waals surface area contributed by atoms with E-state index in [2.05, 4.69) is 15.2 Å². The second kappa shape index (κ2) is 5.63. The van der Waals surface area contributed by atoms with Gasteiger partial charge in [-0.2, -0.15) is 0 Å². The summed E-state index contributed by atoms with van der Waals surface area (Å²) in [6.45, 7) is 3.63. The number of rotatable bonds is 2. The molecular weight excluding hydrogens is 290 g/mol. The number of hydrogen-bond acceptors (Lipinski definition) is 6.